The molecule has 0 radical (unpaired) electrons. The summed E-state index contributed by atoms with van der Waals surface area (Å²) in [7, 11) is 0. The number of nitrogens with zero attached hydrogens (tertiary/aromatic N) is 1. The third-order valence-corrected chi connectivity index (χ3v) is 2.67. The molecule has 0 unspecified atom stereocenters. The maximum absolute atomic E-state index is 4.42. The normalized spacial score (nSPS) is 29.2. The highest BCUT2D eigenvalue weighted by Gasteiger charge is 2.13. The summed E-state index contributed by atoms with van der Waals surface area (Å²) in [6.07, 6.45) is 9.60. The summed E-state index contributed by atoms with van der Waals surface area (Å²) < 4.78 is 0. The molecule has 0 atom stereocenters. The summed E-state index contributed by atoms with van der Waals surface area (Å²) in [6, 6.07) is 0. The Morgan fingerprint density at radius 2 is 2.25 bits per heavy atom. The van der Waals surface area contributed by atoms with Gasteiger partial charge in [0.15, 0.2) is 0 Å². The van der Waals surface area contributed by atoms with Crippen molar-refractivity contribution in [3.8, 4) is 0 Å². The maximum Gasteiger partial charge on any atom is 0.0433 e. The monoisotopic (exact) mass is 161 g/mol. The Morgan fingerprint density at radius 3 is 2.83 bits per heavy atom. The minimum absolute atomic E-state index is 1.01. The summed E-state index contributed by atoms with van der Waals surface area (Å²) in [6.45, 7) is 3.15. The van der Waals surface area contributed by atoms with Gasteiger partial charge in [-0.05, 0) is 43.8 Å². The Hall–Kier alpha value is -0.850. The molecule has 0 fully saturated rings. The molecule has 0 saturated carbocycles. The second-order valence-corrected chi connectivity index (χ2v) is 3.52. The van der Waals surface area contributed by atoms with Gasteiger partial charge in [0.2, 0.25) is 0 Å². The lowest BCUT2D eigenvalue weighted by Gasteiger charge is -2.10. The molecule has 0 saturated heterocycles. The molecule has 0 aromatic rings. The van der Waals surface area contributed by atoms with Crippen LogP contribution in [0.4, 0.5) is 0 Å². The first kappa shape index (κ1) is 7.78. The standard InChI is InChI=1S/C11H15N/c1-9-11(7-8-12-9)10-5-3-2-4-6-10/h3,5H,2,4,6-8H2,1H3/b11-10-. The van der Waals surface area contributed by atoms with Gasteiger partial charge < -0.3 is 0 Å². The maximum atomic E-state index is 4.42. The van der Waals surface area contributed by atoms with E-state index < -0.39 is 0 Å². The van der Waals surface area contributed by atoms with E-state index in [0.29, 0.717) is 0 Å². The fourth-order valence-corrected chi connectivity index (χ4v) is 1.98. The van der Waals surface area contributed by atoms with Gasteiger partial charge in [-0.15, -0.1) is 0 Å². The third kappa shape index (κ3) is 1.36. The molecule has 1 heterocycles. The van der Waals surface area contributed by atoms with Crippen molar-refractivity contribution in [1.29, 1.82) is 0 Å². The molecule has 1 nitrogen and oxygen atoms in total. The molecule has 0 aromatic carbocycles. The van der Waals surface area contributed by atoms with Gasteiger partial charge >= 0.3 is 0 Å². The molecular weight excluding hydrogens is 146 g/mol. The van der Waals surface area contributed by atoms with Crippen LogP contribution in [0.25, 0.3) is 0 Å². The number of hydrogen-bond donors (Lipinski definition) is 0. The molecule has 1 aliphatic carbocycles. The van der Waals surface area contributed by atoms with E-state index in [1.54, 1.807) is 5.57 Å². The van der Waals surface area contributed by atoms with Crippen LogP contribution in [0, 0.1) is 0 Å². The van der Waals surface area contributed by atoms with Crippen LogP contribution in [0.15, 0.2) is 28.3 Å². The molecule has 12 heavy (non-hydrogen) atoms. The SMILES string of the molecule is CC1=NCC/C1=C1\C=CCCC1. The molecular formula is C11H15N. The highest BCUT2D eigenvalue weighted by Crippen LogP contribution is 2.25. The number of aliphatic imine (C=N–C) groups is 1. The summed E-state index contributed by atoms with van der Waals surface area (Å²) in [5, 5.41) is 0. The zero-order chi connectivity index (χ0) is 8.39. The molecule has 0 spiro atoms. The molecule has 0 N–H and O–H groups in total. The average Bonchev–Trinajstić information content (AvgIpc) is 2.53. The first-order valence-electron chi connectivity index (χ1n) is 4.78. The van der Waals surface area contributed by atoms with Gasteiger partial charge in [0.25, 0.3) is 0 Å². The van der Waals surface area contributed by atoms with Crippen LogP contribution in [0.1, 0.15) is 32.6 Å². The largest absolute Gasteiger partial charge is 0.289 e. The summed E-state index contributed by atoms with van der Waals surface area (Å²) in [5.74, 6) is 0. The lowest BCUT2D eigenvalue weighted by molar-refractivity contribution is 0.812. The van der Waals surface area contributed by atoms with Gasteiger partial charge in [-0.1, -0.05) is 12.2 Å². The van der Waals surface area contributed by atoms with E-state index in [0.717, 1.165) is 6.54 Å². The van der Waals surface area contributed by atoms with Gasteiger partial charge in [-0.25, -0.2) is 0 Å². The summed E-state index contributed by atoms with van der Waals surface area (Å²) >= 11 is 0. The van der Waals surface area contributed by atoms with Crippen molar-refractivity contribution in [2.75, 3.05) is 6.54 Å². The Morgan fingerprint density at radius 1 is 1.33 bits per heavy atom. The van der Waals surface area contributed by atoms with E-state index in [1.807, 2.05) is 0 Å². The molecule has 0 bridgehead atoms. The van der Waals surface area contributed by atoms with Crippen LogP contribution in [-0.4, -0.2) is 12.3 Å². The van der Waals surface area contributed by atoms with Crippen molar-refractivity contribution in [2.24, 2.45) is 4.99 Å². The van der Waals surface area contributed by atoms with Gasteiger partial charge in [0.1, 0.15) is 0 Å². The van der Waals surface area contributed by atoms with Crippen LogP contribution in [0.5, 0.6) is 0 Å². The Bertz CT molecular complexity index is 269. The van der Waals surface area contributed by atoms with E-state index >= 15 is 0 Å². The second kappa shape index (κ2) is 3.26. The zero-order valence-electron chi connectivity index (χ0n) is 7.64. The predicted molar refractivity (Wildman–Crippen MR) is 52.6 cm³/mol. The van der Waals surface area contributed by atoms with Crippen LogP contribution in [0.3, 0.4) is 0 Å². The highest BCUT2D eigenvalue weighted by atomic mass is 14.8. The van der Waals surface area contributed by atoms with Gasteiger partial charge in [-0.2, -0.15) is 0 Å². The van der Waals surface area contributed by atoms with Gasteiger partial charge in [0.05, 0.1) is 0 Å². The number of rotatable bonds is 0. The van der Waals surface area contributed by atoms with Crippen LogP contribution in [0.2, 0.25) is 0 Å². The van der Waals surface area contributed by atoms with Crippen molar-refractivity contribution in [2.45, 2.75) is 32.6 Å². The second-order valence-electron chi connectivity index (χ2n) is 3.52. The first-order chi connectivity index (χ1) is 5.88. The summed E-state index contributed by atoms with van der Waals surface area (Å²) in [4.78, 5) is 4.42. The van der Waals surface area contributed by atoms with E-state index in [2.05, 4.69) is 24.1 Å². The van der Waals surface area contributed by atoms with Crippen molar-refractivity contribution in [3.63, 3.8) is 0 Å². The van der Waals surface area contributed by atoms with Crippen LogP contribution in [-0.2, 0) is 0 Å². The molecule has 2 aliphatic rings. The fraction of sp³-hybridized carbons (Fsp3) is 0.545. The molecule has 1 aliphatic heterocycles. The number of hydrogen-bond acceptors (Lipinski definition) is 1. The lowest BCUT2D eigenvalue weighted by Crippen LogP contribution is -1.98. The van der Waals surface area contributed by atoms with E-state index in [4.69, 9.17) is 0 Å². The molecule has 0 aromatic heterocycles. The Balaban J connectivity index is 2.29. The minimum atomic E-state index is 1.01. The fourth-order valence-electron chi connectivity index (χ4n) is 1.98. The highest BCUT2D eigenvalue weighted by molar-refractivity contribution is 6.00. The minimum Gasteiger partial charge on any atom is -0.289 e. The lowest BCUT2D eigenvalue weighted by atomic mass is 9.94. The number of allylic oxidation sites excluding steroid dienone is 3. The van der Waals surface area contributed by atoms with Crippen LogP contribution < -0.4 is 0 Å². The van der Waals surface area contributed by atoms with E-state index in [9.17, 15) is 0 Å². The Kier molecular flexibility index (Phi) is 2.11. The van der Waals surface area contributed by atoms with Crippen molar-refractivity contribution < 1.29 is 0 Å². The van der Waals surface area contributed by atoms with E-state index in [-0.39, 0.29) is 0 Å². The Labute approximate surface area is 73.9 Å². The van der Waals surface area contributed by atoms with Gasteiger partial charge in [-0.3, -0.25) is 4.99 Å². The van der Waals surface area contributed by atoms with Crippen molar-refractivity contribution in [1.82, 2.24) is 0 Å². The zero-order valence-corrected chi connectivity index (χ0v) is 7.64. The first-order valence-corrected chi connectivity index (χ1v) is 4.78. The van der Waals surface area contributed by atoms with Crippen molar-refractivity contribution >= 4 is 5.71 Å². The molecule has 0 amide bonds. The van der Waals surface area contributed by atoms with E-state index in [1.165, 1.54) is 37.0 Å². The topological polar surface area (TPSA) is 12.4 Å². The third-order valence-electron chi connectivity index (χ3n) is 2.67. The molecule has 1 heteroatoms. The smallest absolute Gasteiger partial charge is 0.0433 e. The van der Waals surface area contributed by atoms with Gasteiger partial charge in [0, 0.05) is 12.3 Å². The molecule has 2 rings (SSSR count). The van der Waals surface area contributed by atoms with Crippen LogP contribution >= 0.6 is 0 Å². The average molecular weight is 161 g/mol. The molecule has 64 valence electrons. The quantitative estimate of drug-likeness (QED) is 0.518. The summed E-state index contributed by atoms with van der Waals surface area (Å²) in [5.41, 5.74) is 4.34. The van der Waals surface area contributed by atoms with Crippen molar-refractivity contribution in [3.05, 3.63) is 23.3 Å². The predicted octanol–water partition coefficient (Wildman–Crippen LogP) is 2.89.